The number of aldehydes is 1. The number of ether oxygens (including phenoxy) is 1. The van der Waals surface area contributed by atoms with Crippen LogP contribution >= 0.6 is 23.2 Å². The zero-order chi connectivity index (χ0) is 13.1. The lowest BCUT2D eigenvalue weighted by molar-refractivity contribution is 0.112. The molecule has 0 bridgehead atoms. The van der Waals surface area contributed by atoms with E-state index in [2.05, 4.69) is 0 Å². The maximum Gasteiger partial charge on any atom is 0.152 e. The normalized spacial score (nSPS) is 10.2. The number of hydrogen-bond donors (Lipinski definition) is 0. The minimum Gasteiger partial charge on any atom is -0.497 e. The predicted octanol–water partition coefficient (Wildman–Crippen LogP) is 4.48. The lowest BCUT2D eigenvalue weighted by Crippen LogP contribution is -1.90. The first kappa shape index (κ1) is 12.9. The Kier molecular flexibility index (Phi) is 3.90. The first-order valence-electron chi connectivity index (χ1n) is 5.24. The average molecular weight is 281 g/mol. The molecule has 0 radical (unpaired) electrons. The number of rotatable bonds is 3. The quantitative estimate of drug-likeness (QED) is 0.775. The van der Waals surface area contributed by atoms with Gasteiger partial charge in [0, 0.05) is 10.6 Å². The first-order valence-corrected chi connectivity index (χ1v) is 6.00. The molecule has 4 heteroatoms. The van der Waals surface area contributed by atoms with Crippen LogP contribution in [0.15, 0.2) is 36.4 Å². The molecule has 0 saturated carbocycles. The molecular formula is C14H10Cl2O2. The van der Waals surface area contributed by atoms with Crippen LogP contribution < -0.4 is 4.74 Å². The Morgan fingerprint density at radius 3 is 2.61 bits per heavy atom. The zero-order valence-corrected chi connectivity index (χ0v) is 11.1. The van der Waals surface area contributed by atoms with E-state index in [1.807, 2.05) is 24.3 Å². The van der Waals surface area contributed by atoms with E-state index in [9.17, 15) is 4.79 Å². The smallest absolute Gasteiger partial charge is 0.152 e. The summed E-state index contributed by atoms with van der Waals surface area (Å²) in [6.07, 6.45) is 0.730. The van der Waals surface area contributed by atoms with Crippen molar-refractivity contribution in [2.24, 2.45) is 0 Å². The van der Waals surface area contributed by atoms with Crippen LogP contribution in [0.25, 0.3) is 11.1 Å². The van der Waals surface area contributed by atoms with Gasteiger partial charge >= 0.3 is 0 Å². The lowest BCUT2D eigenvalue weighted by atomic mass is 10.00. The molecular weight excluding hydrogens is 271 g/mol. The van der Waals surface area contributed by atoms with Crippen LogP contribution in [0.2, 0.25) is 10.0 Å². The van der Waals surface area contributed by atoms with E-state index in [1.165, 1.54) is 0 Å². The monoisotopic (exact) mass is 280 g/mol. The van der Waals surface area contributed by atoms with Crippen LogP contribution in [0.1, 0.15) is 10.4 Å². The van der Waals surface area contributed by atoms with Crippen LogP contribution in [0, 0.1) is 0 Å². The van der Waals surface area contributed by atoms with Gasteiger partial charge in [-0.25, -0.2) is 0 Å². The topological polar surface area (TPSA) is 26.3 Å². The first-order chi connectivity index (χ1) is 8.65. The van der Waals surface area contributed by atoms with E-state index in [1.54, 1.807) is 19.2 Å². The second kappa shape index (κ2) is 5.42. The van der Waals surface area contributed by atoms with E-state index < -0.39 is 0 Å². The standard InChI is InChI=1S/C14H10Cl2O2/c1-18-11-4-2-3-9(5-11)12-6-10(15)7-14(16)13(12)8-17/h2-8H,1H3. The maximum atomic E-state index is 11.1. The summed E-state index contributed by atoms with van der Waals surface area (Å²) in [6.45, 7) is 0. The lowest BCUT2D eigenvalue weighted by Gasteiger charge is -2.09. The Labute approximate surface area is 115 Å². The maximum absolute atomic E-state index is 11.1. The van der Waals surface area contributed by atoms with E-state index in [0.717, 1.165) is 11.8 Å². The van der Waals surface area contributed by atoms with Crippen LogP contribution in [0.5, 0.6) is 5.75 Å². The van der Waals surface area contributed by atoms with Crippen molar-refractivity contribution < 1.29 is 9.53 Å². The largest absolute Gasteiger partial charge is 0.497 e. The highest BCUT2D eigenvalue weighted by Crippen LogP contribution is 2.33. The fraction of sp³-hybridized carbons (Fsp3) is 0.0714. The number of carbonyl (C=O) groups excluding carboxylic acids is 1. The molecule has 0 spiro atoms. The molecule has 2 rings (SSSR count). The molecule has 0 amide bonds. The van der Waals surface area contributed by atoms with E-state index in [0.29, 0.717) is 26.9 Å². The van der Waals surface area contributed by atoms with Gasteiger partial charge in [-0.2, -0.15) is 0 Å². The van der Waals surface area contributed by atoms with Gasteiger partial charge in [-0.05, 0) is 35.4 Å². The average Bonchev–Trinajstić information content (AvgIpc) is 2.38. The van der Waals surface area contributed by atoms with Crippen LogP contribution in [0.4, 0.5) is 0 Å². The van der Waals surface area contributed by atoms with Crippen molar-refractivity contribution in [1.29, 1.82) is 0 Å². The van der Waals surface area contributed by atoms with Gasteiger partial charge in [-0.15, -0.1) is 0 Å². The van der Waals surface area contributed by atoms with Crippen molar-refractivity contribution in [2.45, 2.75) is 0 Å². The molecule has 0 N–H and O–H groups in total. The minimum atomic E-state index is 0.343. The summed E-state index contributed by atoms with van der Waals surface area (Å²) in [5.74, 6) is 0.709. The molecule has 0 aliphatic rings. The second-order valence-electron chi connectivity index (χ2n) is 3.70. The molecule has 92 valence electrons. The van der Waals surface area contributed by atoms with Crippen molar-refractivity contribution in [2.75, 3.05) is 7.11 Å². The zero-order valence-electron chi connectivity index (χ0n) is 9.61. The van der Waals surface area contributed by atoms with Gasteiger partial charge in [-0.1, -0.05) is 35.3 Å². The van der Waals surface area contributed by atoms with Crippen LogP contribution in [-0.2, 0) is 0 Å². The van der Waals surface area contributed by atoms with Gasteiger partial charge in [0.25, 0.3) is 0 Å². The second-order valence-corrected chi connectivity index (χ2v) is 4.54. The van der Waals surface area contributed by atoms with Crippen molar-refractivity contribution in [3.05, 3.63) is 52.0 Å². The third-order valence-corrected chi connectivity index (χ3v) is 3.12. The number of hydrogen-bond acceptors (Lipinski definition) is 2. The summed E-state index contributed by atoms with van der Waals surface area (Å²) in [5.41, 5.74) is 1.96. The number of benzene rings is 2. The molecule has 0 aliphatic heterocycles. The molecule has 2 aromatic carbocycles. The van der Waals surface area contributed by atoms with Crippen LogP contribution in [-0.4, -0.2) is 13.4 Å². The highest BCUT2D eigenvalue weighted by molar-refractivity contribution is 6.37. The summed E-state index contributed by atoms with van der Waals surface area (Å²) in [5, 5.41) is 0.832. The highest BCUT2D eigenvalue weighted by Gasteiger charge is 2.11. The molecule has 2 nitrogen and oxygen atoms in total. The SMILES string of the molecule is COc1cccc(-c2cc(Cl)cc(Cl)c2C=O)c1. The Hall–Kier alpha value is -1.51. The number of carbonyl (C=O) groups is 1. The Balaban J connectivity index is 2.65. The fourth-order valence-electron chi connectivity index (χ4n) is 1.73. The van der Waals surface area contributed by atoms with E-state index in [-0.39, 0.29) is 0 Å². The van der Waals surface area contributed by atoms with Crippen molar-refractivity contribution >= 4 is 29.5 Å². The van der Waals surface area contributed by atoms with Crippen molar-refractivity contribution in [3.8, 4) is 16.9 Å². The molecule has 0 unspecified atom stereocenters. The van der Waals surface area contributed by atoms with Crippen LogP contribution in [0.3, 0.4) is 0 Å². The molecule has 0 fully saturated rings. The fourth-order valence-corrected chi connectivity index (χ4v) is 2.27. The van der Waals surface area contributed by atoms with Gasteiger partial charge < -0.3 is 4.74 Å². The summed E-state index contributed by atoms with van der Waals surface area (Å²) in [6, 6.07) is 10.6. The molecule has 0 atom stereocenters. The molecule has 18 heavy (non-hydrogen) atoms. The summed E-state index contributed by atoms with van der Waals surface area (Å²) < 4.78 is 5.16. The van der Waals surface area contributed by atoms with Gasteiger partial charge in [0.05, 0.1) is 12.1 Å². The van der Waals surface area contributed by atoms with E-state index in [4.69, 9.17) is 27.9 Å². The third-order valence-electron chi connectivity index (χ3n) is 2.59. The van der Waals surface area contributed by atoms with Crippen molar-refractivity contribution in [3.63, 3.8) is 0 Å². The molecule has 0 aromatic heterocycles. The molecule has 0 saturated heterocycles. The Bertz CT molecular complexity index is 594. The van der Waals surface area contributed by atoms with Gasteiger partial charge in [0.15, 0.2) is 6.29 Å². The van der Waals surface area contributed by atoms with Gasteiger partial charge in [0.1, 0.15) is 5.75 Å². The number of methoxy groups -OCH3 is 1. The van der Waals surface area contributed by atoms with E-state index >= 15 is 0 Å². The Morgan fingerprint density at radius 2 is 1.94 bits per heavy atom. The highest BCUT2D eigenvalue weighted by atomic mass is 35.5. The van der Waals surface area contributed by atoms with Crippen molar-refractivity contribution in [1.82, 2.24) is 0 Å². The minimum absolute atomic E-state index is 0.343. The van der Waals surface area contributed by atoms with Gasteiger partial charge in [-0.3, -0.25) is 4.79 Å². The molecule has 2 aromatic rings. The van der Waals surface area contributed by atoms with Gasteiger partial charge in [0.2, 0.25) is 0 Å². The summed E-state index contributed by atoms with van der Waals surface area (Å²) in [4.78, 5) is 11.1. The summed E-state index contributed by atoms with van der Waals surface area (Å²) >= 11 is 12.0. The third kappa shape index (κ3) is 2.50. The Morgan fingerprint density at radius 1 is 1.17 bits per heavy atom. The summed E-state index contributed by atoms with van der Waals surface area (Å²) in [7, 11) is 1.59. The number of halogens is 2. The predicted molar refractivity (Wildman–Crippen MR) is 73.8 cm³/mol. The molecule has 0 heterocycles. The molecule has 0 aliphatic carbocycles.